The molecule has 1 heterocycles. The molecule has 0 aliphatic rings. The van der Waals surface area contributed by atoms with Gasteiger partial charge in [-0.05, 0) is 35.9 Å². The molecule has 4 aromatic rings. The maximum Gasteiger partial charge on any atom is 0.264 e. The lowest BCUT2D eigenvalue weighted by Crippen LogP contribution is -2.31. The molecule has 2 amide bonds. The minimum atomic E-state index is -0.561. The van der Waals surface area contributed by atoms with E-state index >= 15 is 0 Å². The van der Waals surface area contributed by atoms with Crippen LogP contribution in [0.1, 0.15) is 28.4 Å². The van der Waals surface area contributed by atoms with Gasteiger partial charge in [-0.2, -0.15) is 5.10 Å². The molecule has 170 valence electrons. The summed E-state index contributed by atoms with van der Waals surface area (Å²) in [5, 5.41) is 12.5. The van der Waals surface area contributed by atoms with Gasteiger partial charge in [0.05, 0.1) is 28.7 Å². The van der Waals surface area contributed by atoms with E-state index in [-0.39, 0.29) is 23.8 Å². The quantitative estimate of drug-likeness (QED) is 0.366. The number of aromatic nitrogens is 2. The number of H-pyrrole nitrogens is 1. The van der Waals surface area contributed by atoms with Crippen molar-refractivity contribution >= 4 is 29.1 Å². The number of benzene rings is 3. The monoisotopic (exact) mass is 472 g/mol. The second-order valence-corrected chi connectivity index (χ2v) is 7.96. The molecule has 0 bridgehead atoms. The largest absolute Gasteiger partial charge is 0.345 e. The number of hydrogen-bond acceptors (Lipinski definition) is 4. The Labute approximate surface area is 200 Å². The Morgan fingerprint density at radius 3 is 2.41 bits per heavy atom. The zero-order valence-electron chi connectivity index (χ0n) is 18.0. The third-order valence-electron chi connectivity index (χ3n) is 5.14. The number of carbonyl (C=O) groups is 2. The summed E-state index contributed by atoms with van der Waals surface area (Å²) in [5.74, 6) is -0.640. The molecular weight excluding hydrogens is 452 g/mol. The number of nitrogens with zero attached hydrogens (tertiary/aromatic N) is 1. The van der Waals surface area contributed by atoms with Gasteiger partial charge < -0.3 is 10.6 Å². The summed E-state index contributed by atoms with van der Waals surface area (Å²) in [6.07, 6.45) is 0.0152. The van der Waals surface area contributed by atoms with E-state index in [0.29, 0.717) is 22.0 Å². The van der Waals surface area contributed by atoms with Crippen LogP contribution < -0.4 is 16.2 Å². The van der Waals surface area contributed by atoms with Crippen LogP contribution in [0.15, 0.2) is 95.8 Å². The lowest BCUT2D eigenvalue weighted by atomic mass is 10.0. The Bertz CT molecular complexity index is 1350. The second kappa shape index (κ2) is 10.6. The highest BCUT2D eigenvalue weighted by molar-refractivity contribution is 6.33. The zero-order chi connectivity index (χ0) is 23.9. The fourth-order valence-electron chi connectivity index (χ4n) is 3.48. The molecule has 0 spiro atoms. The number of halogens is 1. The van der Waals surface area contributed by atoms with Crippen LogP contribution in [0.25, 0.3) is 11.3 Å². The summed E-state index contributed by atoms with van der Waals surface area (Å²) in [4.78, 5) is 37.0. The molecule has 0 radical (unpaired) electrons. The van der Waals surface area contributed by atoms with Crippen molar-refractivity contribution in [2.24, 2.45) is 0 Å². The Hall–Kier alpha value is -4.23. The number of amides is 2. The molecular formula is C26H21ClN4O3. The molecule has 8 heteroatoms. The van der Waals surface area contributed by atoms with E-state index in [1.165, 1.54) is 6.07 Å². The molecule has 34 heavy (non-hydrogen) atoms. The zero-order valence-corrected chi connectivity index (χ0v) is 18.8. The molecule has 1 unspecified atom stereocenters. The van der Waals surface area contributed by atoms with E-state index in [9.17, 15) is 14.4 Å². The van der Waals surface area contributed by atoms with Crippen LogP contribution in [-0.4, -0.2) is 22.0 Å². The summed E-state index contributed by atoms with van der Waals surface area (Å²) in [6.45, 7) is 0. The van der Waals surface area contributed by atoms with Crippen LogP contribution in [0.4, 0.5) is 5.69 Å². The first-order chi connectivity index (χ1) is 16.5. The number of anilines is 1. The molecule has 4 rings (SSSR count). The average molecular weight is 473 g/mol. The lowest BCUT2D eigenvalue weighted by molar-refractivity contribution is -0.116. The van der Waals surface area contributed by atoms with Gasteiger partial charge in [-0.3, -0.25) is 14.4 Å². The lowest BCUT2D eigenvalue weighted by Gasteiger charge is -2.19. The van der Waals surface area contributed by atoms with Gasteiger partial charge in [-0.15, -0.1) is 0 Å². The first-order valence-corrected chi connectivity index (χ1v) is 10.9. The predicted molar refractivity (Wildman–Crippen MR) is 132 cm³/mol. The average Bonchev–Trinajstić information content (AvgIpc) is 2.85. The number of aromatic amines is 1. The van der Waals surface area contributed by atoms with E-state index in [1.54, 1.807) is 48.5 Å². The smallest absolute Gasteiger partial charge is 0.264 e. The molecule has 3 aromatic carbocycles. The van der Waals surface area contributed by atoms with Crippen molar-refractivity contribution < 1.29 is 9.59 Å². The molecule has 1 atom stereocenters. The van der Waals surface area contributed by atoms with Gasteiger partial charge in [0, 0.05) is 17.3 Å². The van der Waals surface area contributed by atoms with E-state index in [4.69, 9.17) is 11.6 Å². The standard InChI is InChI=1S/C26H21ClN4O3/c27-21-12-5-4-11-20(21)26(34)29-23(17-7-2-1-3-8-17)16-25(33)28-19-10-6-9-18(15-19)22-13-14-24(32)31-30-22/h1-15,23H,16H2,(H,28,33)(H,29,34)(H,31,32). The Balaban J connectivity index is 1.50. The maximum atomic E-state index is 12.9. The van der Waals surface area contributed by atoms with Gasteiger partial charge in [0.15, 0.2) is 0 Å². The highest BCUT2D eigenvalue weighted by Gasteiger charge is 2.20. The Morgan fingerprint density at radius 1 is 0.912 bits per heavy atom. The minimum absolute atomic E-state index is 0.0152. The van der Waals surface area contributed by atoms with Gasteiger partial charge >= 0.3 is 0 Å². The molecule has 3 N–H and O–H groups in total. The van der Waals surface area contributed by atoms with Crippen molar-refractivity contribution in [3.63, 3.8) is 0 Å². The SMILES string of the molecule is O=C(CC(NC(=O)c1ccccc1Cl)c1ccccc1)Nc1cccc(-c2ccc(=O)[nH]n2)c1. The molecule has 1 aromatic heterocycles. The van der Waals surface area contributed by atoms with E-state index in [2.05, 4.69) is 20.8 Å². The van der Waals surface area contributed by atoms with E-state index in [0.717, 1.165) is 11.1 Å². The van der Waals surface area contributed by atoms with Crippen LogP contribution in [0.2, 0.25) is 5.02 Å². The van der Waals surface area contributed by atoms with Crippen LogP contribution in [0.5, 0.6) is 0 Å². The van der Waals surface area contributed by atoms with E-state index < -0.39 is 6.04 Å². The number of hydrogen-bond donors (Lipinski definition) is 3. The predicted octanol–water partition coefficient (Wildman–Crippen LogP) is 4.59. The number of carbonyl (C=O) groups excluding carboxylic acids is 2. The molecule has 0 fully saturated rings. The molecule has 0 aliphatic heterocycles. The Kier molecular flexibility index (Phi) is 7.15. The summed E-state index contributed by atoms with van der Waals surface area (Å²) in [7, 11) is 0. The van der Waals surface area contributed by atoms with Gasteiger partial charge in [0.1, 0.15) is 0 Å². The van der Waals surface area contributed by atoms with Crippen molar-refractivity contribution in [3.05, 3.63) is 117 Å². The molecule has 0 aliphatic carbocycles. The van der Waals surface area contributed by atoms with Crippen molar-refractivity contribution in [2.45, 2.75) is 12.5 Å². The summed E-state index contributed by atoms with van der Waals surface area (Å²) >= 11 is 6.17. The maximum absolute atomic E-state index is 12.9. The fraction of sp³-hybridized carbons (Fsp3) is 0.0769. The first-order valence-electron chi connectivity index (χ1n) is 10.6. The van der Waals surface area contributed by atoms with Gasteiger partial charge in [0.25, 0.3) is 11.5 Å². The highest BCUT2D eigenvalue weighted by Crippen LogP contribution is 2.23. The first kappa shape index (κ1) is 22.9. The second-order valence-electron chi connectivity index (χ2n) is 7.56. The summed E-state index contributed by atoms with van der Waals surface area (Å²) in [6, 6.07) is 25.6. The van der Waals surface area contributed by atoms with Crippen molar-refractivity contribution in [1.82, 2.24) is 15.5 Å². The van der Waals surface area contributed by atoms with Crippen LogP contribution in [-0.2, 0) is 4.79 Å². The topological polar surface area (TPSA) is 104 Å². The molecule has 0 saturated heterocycles. The van der Waals surface area contributed by atoms with Gasteiger partial charge in [-0.25, -0.2) is 5.10 Å². The Morgan fingerprint density at radius 2 is 1.68 bits per heavy atom. The van der Waals surface area contributed by atoms with Gasteiger partial charge in [0.2, 0.25) is 5.91 Å². The van der Waals surface area contributed by atoms with Gasteiger partial charge in [-0.1, -0.05) is 66.2 Å². The van der Waals surface area contributed by atoms with Crippen LogP contribution in [0, 0.1) is 0 Å². The van der Waals surface area contributed by atoms with Crippen molar-refractivity contribution in [3.8, 4) is 11.3 Å². The highest BCUT2D eigenvalue weighted by atomic mass is 35.5. The normalized spacial score (nSPS) is 11.4. The van der Waals surface area contributed by atoms with Crippen molar-refractivity contribution in [2.75, 3.05) is 5.32 Å². The molecule has 7 nitrogen and oxygen atoms in total. The van der Waals surface area contributed by atoms with Crippen LogP contribution >= 0.6 is 11.6 Å². The van der Waals surface area contributed by atoms with Crippen LogP contribution in [0.3, 0.4) is 0 Å². The summed E-state index contributed by atoms with van der Waals surface area (Å²) < 4.78 is 0. The fourth-order valence-corrected chi connectivity index (χ4v) is 3.70. The summed E-state index contributed by atoms with van der Waals surface area (Å²) in [5.41, 5.74) is 2.72. The number of rotatable bonds is 7. The third-order valence-corrected chi connectivity index (χ3v) is 5.47. The van der Waals surface area contributed by atoms with E-state index in [1.807, 2.05) is 36.4 Å². The third kappa shape index (κ3) is 5.76. The molecule has 0 saturated carbocycles. The number of nitrogens with one attached hydrogen (secondary N) is 3. The minimum Gasteiger partial charge on any atom is -0.345 e. The van der Waals surface area contributed by atoms with Crippen molar-refractivity contribution in [1.29, 1.82) is 0 Å².